The van der Waals surface area contributed by atoms with Gasteiger partial charge >= 0.3 is 0 Å². The Balaban J connectivity index is 1.49. The third kappa shape index (κ3) is 3.84. The van der Waals surface area contributed by atoms with Crippen molar-refractivity contribution in [2.45, 2.75) is 27.9 Å². The maximum Gasteiger partial charge on any atom is 0.243 e. The minimum absolute atomic E-state index is 0.0482. The fourth-order valence-corrected chi connectivity index (χ4v) is 6.75. The molecular formula is C19H20FNO6S2. The molecule has 0 aromatic heterocycles. The quantitative estimate of drug-likeness (QED) is 0.676. The highest BCUT2D eigenvalue weighted by atomic mass is 32.2. The molecule has 0 N–H and O–H groups in total. The number of hydrogen-bond donors (Lipinski definition) is 0. The molecule has 4 rings (SSSR count). The zero-order valence-electron chi connectivity index (χ0n) is 15.5. The van der Waals surface area contributed by atoms with Gasteiger partial charge < -0.3 is 9.47 Å². The molecule has 0 atom stereocenters. The molecule has 0 bridgehead atoms. The topological polar surface area (TPSA) is 90.0 Å². The van der Waals surface area contributed by atoms with Crippen LogP contribution in [0.4, 0.5) is 4.39 Å². The molecule has 2 aromatic rings. The van der Waals surface area contributed by atoms with Gasteiger partial charge in [0.05, 0.1) is 15.0 Å². The van der Waals surface area contributed by atoms with Crippen LogP contribution < -0.4 is 9.47 Å². The maximum absolute atomic E-state index is 13.1. The number of hydrogen-bond acceptors (Lipinski definition) is 6. The summed E-state index contributed by atoms with van der Waals surface area (Å²) in [5.74, 6) is 0.370. The van der Waals surface area contributed by atoms with E-state index < -0.39 is 30.9 Å². The summed E-state index contributed by atoms with van der Waals surface area (Å²) in [5.41, 5.74) is 0. The molecule has 0 spiro atoms. The van der Waals surface area contributed by atoms with Gasteiger partial charge in [-0.15, -0.1) is 0 Å². The van der Waals surface area contributed by atoms with Crippen LogP contribution in [-0.4, -0.2) is 52.7 Å². The lowest BCUT2D eigenvalue weighted by atomic mass is 10.2. The summed E-state index contributed by atoms with van der Waals surface area (Å²) in [5, 5.41) is -0.709. The average Bonchev–Trinajstić information content (AvgIpc) is 2.74. The van der Waals surface area contributed by atoms with Crippen molar-refractivity contribution in [1.29, 1.82) is 0 Å². The summed E-state index contributed by atoms with van der Waals surface area (Å²) < 4.78 is 76.7. The Morgan fingerprint density at radius 3 is 2.07 bits per heavy atom. The fraction of sp³-hybridized carbons (Fsp3) is 0.368. The van der Waals surface area contributed by atoms with Gasteiger partial charge in [-0.05, 0) is 49.2 Å². The Morgan fingerprint density at radius 2 is 1.41 bits per heavy atom. The lowest BCUT2D eigenvalue weighted by molar-refractivity contribution is 0.171. The number of sulfonamides is 1. The number of rotatable bonds is 4. The predicted molar refractivity (Wildman–Crippen MR) is 103 cm³/mol. The third-order valence-corrected chi connectivity index (χ3v) is 9.31. The van der Waals surface area contributed by atoms with Gasteiger partial charge in [0.2, 0.25) is 10.0 Å². The minimum atomic E-state index is -3.78. The highest BCUT2D eigenvalue weighted by molar-refractivity contribution is 7.92. The number of ether oxygens (including phenoxy) is 2. The third-order valence-electron chi connectivity index (χ3n) is 5.13. The molecule has 29 heavy (non-hydrogen) atoms. The van der Waals surface area contributed by atoms with Crippen LogP contribution in [0.1, 0.15) is 12.8 Å². The van der Waals surface area contributed by atoms with E-state index in [1.165, 1.54) is 28.6 Å². The van der Waals surface area contributed by atoms with E-state index in [0.29, 0.717) is 24.7 Å². The fourth-order valence-electron chi connectivity index (χ4n) is 3.53. The lowest BCUT2D eigenvalue weighted by Gasteiger charge is -2.31. The highest BCUT2D eigenvalue weighted by Gasteiger charge is 2.36. The molecule has 10 heteroatoms. The molecule has 2 aromatic carbocycles. The van der Waals surface area contributed by atoms with E-state index in [1.807, 2.05) is 0 Å². The largest absolute Gasteiger partial charge is 0.486 e. The molecule has 0 amide bonds. The smallest absolute Gasteiger partial charge is 0.243 e. The number of benzene rings is 2. The zero-order valence-corrected chi connectivity index (χ0v) is 17.1. The average molecular weight is 442 g/mol. The molecule has 7 nitrogen and oxygen atoms in total. The van der Waals surface area contributed by atoms with E-state index in [-0.39, 0.29) is 35.7 Å². The summed E-state index contributed by atoms with van der Waals surface area (Å²) in [7, 11) is -7.43. The van der Waals surface area contributed by atoms with Gasteiger partial charge in [0.25, 0.3) is 0 Å². The SMILES string of the molecule is O=S(=O)(c1ccc(F)cc1)C1CCN(S(=O)(=O)c2ccc3c(c2)OCCO3)CC1. The molecule has 0 aliphatic carbocycles. The Hall–Kier alpha value is -2.17. The van der Waals surface area contributed by atoms with Crippen molar-refractivity contribution in [3.8, 4) is 11.5 Å². The van der Waals surface area contributed by atoms with Crippen molar-refractivity contribution in [2.75, 3.05) is 26.3 Å². The van der Waals surface area contributed by atoms with E-state index in [9.17, 15) is 21.2 Å². The van der Waals surface area contributed by atoms with Gasteiger partial charge in [-0.2, -0.15) is 4.31 Å². The Morgan fingerprint density at radius 1 is 0.828 bits per heavy atom. The van der Waals surface area contributed by atoms with Gasteiger partial charge in [0.15, 0.2) is 21.3 Å². The normalized spacial score (nSPS) is 18.5. The van der Waals surface area contributed by atoms with Crippen molar-refractivity contribution in [3.63, 3.8) is 0 Å². The van der Waals surface area contributed by atoms with Crippen LogP contribution in [0.15, 0.2) is 52.3 Å². The summed E-state index contributed by atoms with van der Waals surface area (Å²) in [6.45, 7) is 0.933. The molecule has 0 saturated carbocycles. The first kappa shape index (κ1) is 20.1. The van der Waals surface area contributed by atoms with Crippen molar-refractivity contribution in [2.24, 2.45) is 0 Å². The molecule has 0 unspecified atom stereocenters. The number of piperidine rings is 1. The second-order valence-corrected chi connectivity index (χ2v) is 11.1. The predicted octanol–water partition coefficient (Wildman–Crippen LogP) is 2.22. The summed E-state index contributed by atoms with van der Waals surface area (Å²) >= 11 is 0. The van der Waals surface area contributed by atoms with Gasteiger partial charge in [-0.25, -0.2) is 21.2 Å². The van der Waals surface area contributed by atoms with Gasteiger partial charge in [0.1, 0.15) is 19.0 Å². The first-order chi connectivity index (χ1) is 13.8. The monoisotopic (exact) mass is 441 g/mol. The van der Waals surface area contributed by atoms with Crippen LogP contribution in [0.2, 0.25) is 0 Å². The Bertz CT molecular complexity index is 1110. The van der Waals surface area contributed by atoms with Crippen LogP contribution in [0, 0.1) is 5.82 Å². The maximum atomic E-state index is 13.1. The molecular weight excluding hydrogens is 421 g/mol. The minimum Gasteiger partial charge on any atom is -0.486 e. The number of nitrogens with zero attached hydrogens (tertiary/aromatic N) is 1. The molecule has 156 valence electrons. The van der Waals surface area contributed by atoms with Crippen LogP contribution in [0.5, 0.6) is 11.5 Å². The van der Waals surface area contributed by atoms with Crippen molar-refractivity contribution in [1.82, 2.24) is 4.31 Å². The second-order valence-electron chi connectivity index (χ2n) is 6.91. The van der Waals surface area contributed by atoms with E-state index in [4.69, 9.17) is 9.47 Å². The van der Waals surface area contributed by atoms with Gasteiger partial charge in [0, 0.05) is 19.2 Å². The Labute approximate surface area is 169 Å². The number of halogens is 1. The molecule has 2 aliphatic rings. The molecule has 2 heterocycles. The van der Waals surface area contributed by atoms with Crippen LogP contribution in [-0.2, 0) is 19.9 Å². The molecule has 2 aliphatic heterocycles. The second kappa shape index (κ2) is 7.58. The van der Waals surface area contributed by atoms with Gasteiger partial charge in [-0.3, -0.25) is 0 Å². The molecule has 1 saturated heterocycles. The Kier molecular flexibility index (Phi) is 5.26. The zero-order chi connectivity index (χ0) is 20.6. The summed E-state index contributed by atoms with van der Waals surface area (Å²) in [6, 6.07) is 9.15. The lowest BCUT2D eigenvalue weighted by Crippen LogP contribution is -2.42. The van der Waals surface area contributed by atoms with E-state index in [1.54, 1.807) is 6.07 Å². The molecule has 1 fully saturated rings. The van der Waals surface area contributed by atoms with Crippen molar-refractivity contribution >= 4 is 19.9 Å². The van der Waals surface area contributed by atoms with Gasteiger partial charge in [-0.1, -0.05) is 0 Å². The number of fused-ring (bicyclic) bond motifs is 1. The first-order valence-corrected chi connectivity index (χ1v) is 12.2. The van der Waals surface area contributed by atoms with Crippen molar-refractivity contribution < 1.29 is 30.7 Å². The summed E-state index contributed by atoms with van der Waals surface area (Å²) in [4.78, 5) is 0.133. The van der Waals surface area contributed by atoms with Crippen LogP contribution in [0.25, 0.3) is 0 Å². The number of sulfone groups is 1. The summed E-state index contributed by atoms with van der Waals surface area (Å²) in [6.07, 6.45) is 0.340. The van der Waals surface area contributed by atoms with E-state index >= 15 is 0 Å². The molecule has 0 radical (unpaired) electrons. The van der Waals surface area contributed by atoms with E-state index in [2.05, 4.69) is 0 Å². The first-order valence-electron chi connectivity index (χ1n) is 9.18. The van der Waals surface area contributed by atoms with Crippen molar-refractivity contribution in [3.05, 3.63) is 48.3 Å². The van der Waals surface area contributed by atoms with Crippen LogP contribution in [0.3, 0.4) is 0 Å². The standard InChI is InChI=1S/C19H20FNO6S2/c20-14-1-3-15(4-2-14)28(22,23)16-7-9-21(10-8-16)29(24,25)17-5-6-18-19(13-17)27-12-11-26-18/h1-6,13,16H,7-12H2. The van der Waals surface area contributed by atoms with Crippen LogP contribution >= 0.6 is 0 Å². The highest BCUT2D eigenvalue weighted by Crippen LogP contribution is 2.34. The van der Waals surface area contributed by atoms with E-state index in [0.717, 1.165) is 12.1 Å².